The Morgan fingerprint density at radius 1 is 1.54 bits per heavy atom. The molecule has 0 heterocycles. The van der Waals surface area contributed by atoms with Crippen LogP contribution in [0.15, 0.2) is 0 Å². The van der Waals surface area contributed by atoms with E-state index in [4.69, 9.17) is 14.9 Å². The molecule has 0 saturated carbocycles. The van der Waals surface area contributed by atoms with E-state index in [0.29, 0.717) is 12.3 Å². The van der Waals surface area contributed by atoms with Gasteiger partial charge in [-0.25, -0.2) is 0 Å². The van der Waals surface area contributed by atoms with Crippen LogP contribution < -0.4 is 0 Å². The number of hydrogen-bond donors (Lipinski definition) is 2. The Morgan fingerprint density at radius 2 is 2.15 bits per heavy atom. The number of carbonyl (C=O) groups is 1. The number of rotatable bonds is 6. The fourth-order valence-corrected chi connectivity index (χ4v) is 0.730. The molecule has 0 spiro atoms. The van der Waals surface area contributed by atoms with Crippen LogP contribution in [0.2, 0.25) is 0 Å². The highest BCUT2D eigenvalue weighted by molar-refractivity contribution is 5.69. The molecule has 4 nitrogen and oxygen atoms in total. The highest BCUT2D eigenvalue weighted by atomic mass is 16.5. The first kappa shape index (κ1) is 12.4. The van der Waals surface area contributed by atoms with E-state index in [-0.39, 0.29) is 19.2 Å². The number of aliphatic hydroxyl groups is 2. The normalized spacial score (nSPS) is 15.1. The fourth-order valence-electron chi connectivity index (χ4n) is 0.730. The molecule has 0 amide bonds. The zero-order valence-corrected chi connectivity index (χ0v) is 8.19. The van der Waals surface area contributed by atoms with Gasteiger partial charge in [0, 0.05) is 6.42 Å². The summed E-state index contributed by atoms with van der Waals surface area (Å²) in [5.41, 5.74) is 0. The van der Waals surface area contributed by atoms with E-state index >= 15 is 0 Å². The number of hydrogen-bond acceptors (Lipinski definition) is 4. The molecule has 0 rings (SSSR count). The third kappa shape index (κ3) is 6.54. The molecule has 4 heteroatoms. The predicted molar refractivity (Wildman–Crippen MR) is 48.1 cm³/mol. The maximum absolute atomic E-state index is 11.0. The van der Waals surface area contributed by atoms with E-state index in [1.807, 2.05) is 13.8 Å². The number of esters is 1. The lowest BCUT2D eigenvalue weighted by atomic mass is 10.1. The molecule has 2 N–H and O–H groups in total. The summed E-state index contributed by atoms with van der Waals surface area (Å²) >= 11 is 0. The van der Waals surface area contributed by atoms with E-state index in [9.17, 15) is 4.79 Å². The summed E-state index contributed by atoms with van der Waals surface area (Å²) in [7, 11) is 0. The Balaban J connectivity index is 3.51. The second kappa shape index (κ2) is 6.86. The largest absolute Gasteiger partial charge is 0.463 e. The Morgan fingerprint density at radius 3 is 2.62 bits per heavy atom. The van der Waals surface area contributed by atoms with Gasteiger partial charge in [0.1, 0.15) is 12.7 Å². The van der Waals surface area contributed by atoms with Crippen LogP contribution in [0.25, 0.3) is 0 Å². The number of carbonyl (C=O) groups excluding carboxylic acids is 1. The SMILES string of the molecule is CCC(C)CC(=O)OCC(O)CO. The summed E-state index contributed by atoms with van der Waals surface area (Å²) in [6, 6.07) is 0. The second-order valence-corrected chi connectivity index (χ2v) is 3.24. The van der Waals surface area contributed by atoms with Gasteiger partial charge >= 0.3 is 5.97 Å². The van der Waals surface area contributed by atoms with Crippen molar-refractivity contribution in [3.63, 3.8) is 0 Å². The zero-order valence-electron chi connectivity index (χ0n) is 8.19. The first-order valence-corrected chi connectivity index (χ1v) is 4.54. The first-order valence-electron chi connectivity index (χ1n) is 4.54. The van der Waals surface area contributed by atoms with E-state index in [1.54, 1.807) is 0 Å². The summed E-state index contributed by atoms with van der Waals surface area (Å²) in [5.74, 6) is -0.0133. The van der Waals surface area contributed by atoms with Gasteiger partial charge in [-0.2, -0.15) is 0 Å². The summed E-state index contributed by atoms with van der Waals surface area (Å²) < 4.78 is 4.72. The maximum Gasteiger partial charge on any atom is 0.306 e. The molecule has 13 heavy (non-hydrogen) atoms. The number of aliphatic hydroxyl groups excluding tert-OH is 2. The molecule has 0 aromatic heterocycles. The van der Waals surface area contributed by atoms with Crippen molar-refractivity contribution >= 4 is 5.97 Å². The van der Waals surface area contributed by atoms with E-state index in [1.165, 1.54) is 0 Å². The molecular weight excluding hydrogens is 172 g/mol. The van der Waals surface area contributed by atoms with Crippen LogP contribution in [0.4, 0.5) is 0 Å². The summed E-state index contributed by atoms with van der Waals surface area (Å²) in [6.45, 7) is 3.46. The van der Waals surface area contributed by atoms with Gasteiger partial charge < -0.3 is 14.9 Å². The van der Waals surface area contributed by atoms with E-state index < -0.39 is 6.10 Å². The van der Waals surface area contributed by atoms with Crippen LogP contribution in [-0.2, 0) is 9.53 Å². The van der Waals surface area contributed by atoms with Gasteiger partial charge in [0.25, 0.3) is 0 Å². The Labute approximate surface area is 78.5 Å². The van der Waals surface area contributed by atoms with Gasteiger partial charge in [0.2, 0.25) is 0 Å². The van der Waals surface area contributed by atoms with Gasteiger partial charge in [-0.05, 0) is 5.92 Å². The van der Waals surface area contributed by atoms with Crippen LogP contribution in [0.3, 0.4) is 0 Å². The molecule has 0 aliphatic rings. The van der Waals surface area contributed by atoms with Gasteiger partial charge in [-0.15, -0.1) is 0 Å². The topological polar surface area (TPSA) is 66.8 Å². The van der Waals surface area contributed by atoms with Crippen molar-refractivity contribution in [3.05, 3.63) is 0 Å². The quantitative estimate of drug-likeness (QED) is 0.592. The molecule has 2 unspecified atom stereocenters. The van der Waals surface area contributed by atoms with Gasteiger partial charge in [0.15, 0.2) is 0 Å². The highest BCUT2D eigenvalue weighted by Gasteiger charge is 2.10. The van der Waals surface area contributed by atoms with Gasteiger partial charge in [-0.1, -0.05) is 20.3 Å². The van der Waals surface area contributed by atoms with Crippen molar-refractivity contribution in [2.75, 3.05) is 13.2 Å². The average molecular weight is 190 g/mol. The zero-order chi connectivity index (χ0) is 10.3. The standard InChI is InChI=1S/C9H18O4/c1-3-7(2)4-9(12)13-6-8(11)5-10/h7-8,10-11H,3-6H2,1-2H3. The smallest absolute Gasteiger partial charge is 0.306 e. The monoisotopic (exact) mass is 190 g/mol. The van der Waals surface area contributed by atoms with E-state index in [0.717, 1.165) is 6.42 Å². The van der Waals surface area contributed by atoms with Crippen LogP contribution in [0, 0.1) is 5.92 Å². The third-order valence-electron chi connectivity index (χ3n) is 1.86. The van der Waals surface area contributed by atoms with Crippen LogP contribution in [0.5, 0.6) is 0 Å². The molecule has 0 saturated heterocycles. The van der Waals surface area contributed by atoms with Gasteiger partial charge in [0.05, 0.1) is 6.61 Å². The minimum atomic E-state index is -0.958. The van der Waals surface area contributed by atoms with Crippen molar-refractivity contribution in [2.45, 2.75) is 32.8 Å². The molecule has 0 radical (unpaired) electrons. The predicted octanol–water partition coefficient (Wildman–Crippen LogP) is 0.319. The highest BCUT2D eigenvalue weighted by Crippen LogP contribution is 2.07. The van der Waals surface area contributed by atoms with Crippen molar-refractivity contribution in [1.82, 2.24) is 0 Å². The second-order valence-electron chi connectivity index (χ2n) is 3.24. The van der Waals surface area contributed by atoms with E-state index in [2.05, 4.69) is 0 Å². The Bertz CT molecular complexity index is 147. The summed E-state index contributed by atoms with van der Waals surface area (Å²) in [5, 5.41) is 17.3. The van der Waals surface area contributed by atoms with Crippen LogP contribution in [-0.4, -0.2) is 35.5 Å². The molecule has 78 valence electrons. The Kier molecular flexibility index (Phi) is 6.54. The van der Waals surface area contributed by atoms with Crippen molar-refractivity contribution < 1.29 is 19.7 Å². The average Bonchev–Trinajstić information content (AvgIpc) is 2.13. The summed E-state index contributed by atoms with van der Waals surface area (Å²) in [6.07, 6.45) is 0.340. The lowest BCUT2D eigenvalue weighted by molar-refractivity contribution is -0.148. The van der Waals surface area contributed by atoms with Crippen LogP contribution >= 0.6 is 0 Å². The summed E-state index contributed by atoms with van der Waals surface area (Å²) in [4.78, 5) is 11.0. The first-order chi connectivity index (χ1) is 6.10. The lowest BCUT2D eigenvalue weighted by Crippen LogP contribution is -2.22. The molecule has 0 aromatic carbocycles. The molecule has 2 atom stereocenters. The van der Waals surface area contributed by atoms with Gasteiger partial charge in [-0.3, -0.25) is 4.79 Å². The molecule has 0 aliphatic heterocycles. The fraction of sp³-hybridized carbons (Fsp3) is 0.889. The minimum absolute atomic E-state index is 0.119. The molecule has 0 bridgehead atoms. The number of ether oxygens (including phenoxy) is 1. The minimum Gasteiger partial charge on any atom is -0.463 e. The molecule has 0 aliphatic carbocycles. The molecule has 0 fully saturated rings. The van der Waals surface area contributed by atoms with Crippen molar-refractivity contribution in [2.24, 2.45) is 5.92 Å². The third-order valence-corrected chi connectivity index (χ3v) is 1.86. The maximum atomic E-state index is 11.0. The molecular formula is C9H18O4. The molecule has 0 aromatic rings. The Hall–Kier alpha value is -0.610. The lowest BCUT2D eigenvalue weighted by Gasteiger charge is -2.10. The van der Waals surface area contributed by atoms with Crippen molar-refractivity contribution in [3.8, 4) is 0 Å². The van der Waals surface area contributed by atoms with Crippen LogP contribution in [0.1, 0.15) is 26.7 Å². The van der Waals surface area contributed by atoms with Crippen molar-refractivity contribution in [1.29, 1.82) is 0 Å².